The molecule has 1 aromatic carbocycles. The summed E-state index contributed by atoms with van der Waals surface area (Å²) in [4.78, 5) is 43.3. The van der Waals surface area contributed by atoms with E-state index >= 15 is 0 Å². The third-order valence-corrected chi connectivity index (χ3v) is 9.25. The number of fused-ring (bicyclic) bond motifs is 1. The van der Waals surface area contributed by atoms with Crippen molar-refractivity contribution in [3.8, 4) is 0 Å². The van der Waals surface area contributed by atoms with Crippen molar-refractivity contribution >= 4 is 23.4 Å². The van der Waals surface area contributed by atoms with Crippen LogP contribution in [0.5, 0.6) is 0 Å². The van der Waals surface area contributed by atoms with Crippen molar-refractivity contribution in [2.45, 2.75) is 94.9 Å². The predicted molar refractivity (Wildman–Crippen MR) is 145 cm³/mol. The van der Waals surface area contributed by atoms with Crippen LogP contribution in [0.3, 0.4) is 0 Å². The molecule has 38 heavy (non-hydrogen) atoms. The van der Waals surface area contributed by atoms with Crippen LogP contribution in [-0.4, -0.2) is 53.0 Å². The minimum Gasteiger partial charge on any atom is -0.359 e. The van der Waals surface area contributed by atoms with Crippen molar-refractivity contribution in [1.29, 1.82) is 0 Å². The molecule has 7 heteroatoms. The highest BCUT2D eigenvalue weighted by atomic mass is 16.5. The number of benzene rings is 1. The second kappa shape index (κ2) is 10.3. The van der Waals surface area contributed by atoms with Gasteiger partial charge < -0.3 is 20.3 Å². The normalized spacial score (nSPS) is 32.3. The van der Waals surface area contributed by atoms with Crippen LogP contribution < -0.4 is 10.6 Å². The molecule has 202 valence electrons. The molecule has 7 nitrogen and oxygen atoms in total. The van der Waals surface area contributed by atoms with Gasteiger partial charge in [-0.3, -0.25) is 14.4 Å². The monoisotopic (exact) mass is 517 g/mol. The number of allylic oxidation sites excluding steroid dienone is 1. The van der Waals surface area contributed by atoms with Gasteiger partial charge in [0, 0.05) is 18.3 Å². The highest BCUT2D eigenvalue weighted by Gasteiger charge is 2.72. The lowest BCUT2D eigenvalue weighted by Crippen LogP contribution is -2.56. The highest BCUT2D eigenvalue weighted by molar-refractivity contribution is 6.02. The zero-order valence-corrected chi connectivity index (χ0v) is 22.3. The number of nitrogens with zero attached hydrogens (tertiary/aromatic N) is 1. The van der Waals surface area contributed by atoms with Gasteiger partial charge in [-0.1, -0.05) is 60.8 Å². The Morgan fingerprint density at radius 1 is 1.05 bits per heavy atom. The molecule has 0 aromatic heterocycles. The quantitative estimate of drug-likeness (QED) is 0.524. The summed E-state index contributed by atoms with van der Waals surface area (Å²) in [5.41, 5.74) is 2.06. The van der Waals surface area contributed by atoms with Gasteiger partial charge in [-0.25, -0.2) is 0 Å². The predicted octanol–water partition coefficient (Wildman–Crippen LogP) is 4.42. The van der Waals surface area contributed by atoms with Crippen LogP contribution >= 0.6 is 0 Å². The first kappa shape index (κ1) is 25.4. The first-order valence-electron chi connectivity index (χ1n) is 14.5. The number of likely N-dealkylation sites (tertiary alicyclic amines) is 1. The van der Waals surface area contributed by atoms with Crippen molar-refractivity contribution < 1.29 is 19.1 Å². The Labute approximate surface area is 225 Å². The van der Waals surface area contributed by atoms with Gasteiger partial charge in [0.25, 0.3) is 0 Å². The lowest BCUT2D eigenvalue weighted by Gasteiger charge is -2.34. The van der Waals surface area contributed by atoms with Crippen molar-refractivity contribution in [3.05, 3.63) is 53.6 Å². The number of hydrogen-bond acceptors (Lipinski definition) is 4. The van der Waals surface area contributed by atoms with Crippen LogP contribution in [0.4, 0.5) is 5.69 Å². The third-order valence-electron chi connectivity index (χ3n) is 9.25. The maximum absolute atomic E-state index is 14.1. The largest absolute Gasteiger partial charge is 0.359 e. The fourth-order valence-corrected chi connectivity index (χ4v) is 7.29. The van der Waals surface area contributed by atoms with E-state index in [-0.39, 0.29) is 23.8 Å². The van der Waals surface area contributed by atoms with E-state index < -0.39 is 29.6 Å². The summed E-state index contributed by atoms with van der Waals surface area (Å²) in [7, 11) is 0. The Morgan fingerprint density at radius 3 is 2.58 bits per heavy atom. The number of nitrogens with one attached hydrogen (secondary N) is 2. The third kappa shape index (κ3) is 4.49. The second-order valence-electron chi connectivity index (χ2n) is 11.8. The molecule has 2 aliphatic carbocycles. The molecule has 5 atom stereocenters. The molecule has 1 saturated carbocycles. The second-order valence-corrected chi connectivity index (χ2v) is 11.8. The van der Waals surface area contributed by atoms with Gasteiger partial charge in [0.2, 0.25) is 17.7 Å². The minimum atomic E-state index is -1.10. The fraction of sp³-hybridized carbons (Fsp3) is 0.581. The molecule has 2 bridgehead atoms. The van der Waals surface area contributed by atoms with Crippen LogP contribution in [0.2, 0.25) is 0 Å². The molecular formula is C31H39N3O4. The molecule has 3 amide bonds. The Kier molecular flexibility index (Phi) is 6.89. The molecule has 3 fully saturated rings. The van der Waals surface area contributed by atoms with E-state index in [1.807, 2.05) is 43.3 Å². The molecule has 1 spiro atoms. The number of anilines is 1. The first-order chi connectivity index (χ1) is 18.5. The average Bonchev–Trinajstić information content (AvgIpc) is 3.57. The van der Waals surface area contributed by atoms with E-state index in [4.69, 9.17) is 4.74 Å². The summed E-state index contributed by atoms with van der Waals surface area (Å²) in [6.07, 6.45) is 16.2. The van der Waals surface area contributed by atoms with E-state index in [0.717, 1.165) is 50.5 Å². The summed E-state index contributed by atoms with van der Waals surface area (Å²) in [5.74, 6) is -1.88. The number of hydrogen-bond donors (Lipinski definition) is 2. The number of rotatable bonds is 7. The highest BCUT2D eigenvalue weighted by Crippen LogP contribution is 2.55. The Hall–Kier alpha value is -2.93. The maximum atomic E-state index is 14.1. The molecule has 5 aliphatic rings. The summed E-state index contributed by atoms with van der Waals surface area (Å²) in [6.45, 7) is 2.47. The standard InChI is InChI=1S/C31H39N3O4/c1-20-12-14-23(15-13-20)32-28(35)25-24-16-18-31(38-24)26(25)30(37)34(19-17-21-8-4-2-5-9-21)27(31)29(36)33-22-10-6-3-7-11-22/h8,12-16,18,22,24-27H,2-7,9-11,17,19H2,1H3,(H,32,35)(H,33,36)/t24-,25+,26-,27-,31-/m0/s1. The van der Waals surface area contributed by atoms with Crippen molar-refractivity contribution in [3.63, 3.8) is 0 Å². The summed E-state index contributed by atoms with van der Waals surface area (Å²) in [6, 6.07) is 7.00. The number of ether oxygens (including phenoxy) is 1. The number of amides is 3. The molecule has 2 saturated heterocycles. The topological polar surface area (TPSA) is 87.7 Å². The molecule has 3 aliphatic heterocycles. The number of carbonyl (C=O) groups excluding carboxylic acids is 3. The Bertz CT molecular complexity index is 1150. The molecular weight excluding hydrogens is 478 g/mol. The van der Waals surface area contributed by atoms with Gasteiger partial charge in [0.05, 0.1) is 17.9 Å². The molecule has 1 aromatic rings. The zero-order chi connectivity index (χ0) is 26.3. The maximum Gasteiger partial charge on any atom is 0.246 e. The van der Waals surface area contributed by atoms with Crippen LogP contribution in [-0.2, 0) is 19.1 Å². The van der Waals surface area contributed by atoms with Crippen LogP contribution in [0.15, 0.2) is 48.1 Å². The van der Waals surface area contributed by atoms with E-state index in [1.54, 1.807) is 4.90 Å². The van der Waals surface area contributed by atoms with Gasteiger partial charge in [-0.2, -0.15) is 0 Å². The lowest BCUT2D eigenvalue weighted by molar-refractivity contribution is -0.141. The minimum absolute atomic E-state index is 0.132. The molecule has 0 unspecified atom stereocenters. The zero-order valence-electron chi connectivity index (χ0n) is 22.3. The van der Waals surface area contributed by atoms with Crippen molar-refractivity contribution in [1.82, 2.24) is 10.2 Å². The summed E-state index contributed by atoms with van der Waals surface area (Å²) >= 11 is 0. The fourth-order valence-electron chi connectivity index (χ4n) is 7.29. The molecule has 0 radical (unpaired) electrons. The average molecular weight is 518 g/mol. The Balaban J connectivity index is 1.27. The van der Waals surface area contributed by atoms with Crippen molar-refractivity contribution in [2.24, 2.45) is 11.8 Å². The van der Waals surface area contributed by atoms with Gasteiger partial charge in [-0.05, 0) is 64.0 Å². The number of carbonyl (C=O) groups is 3. The first-order valence-corrected chi connectivity index (χ1v) is 14.5. The lowest BCUT2D eigenvalue weighted by atomic mass is 9.74. The van der Waals surface area contributed by atoms with Gasteiger partial charge in [0.1, 0.15) is 11.6 Å². The van der Waals surface area contributed by atoms with E-state index in [2.05, 4.69) is 16.7 Å². The number of aryl methyl sites for hydroxylation is 1. The van der Waals surface area contributed by atoms with Crippen LogP contribution in [0, 0.1) is 18.8 Å². The van der Waals surface area contributed by atoms with Crippen LogP contribution in [0.25, 0.3) is 0 Å². The van der Waals surface area contributed by atoms with E-state index in [1.165, 1.54) is 24.8 Å². The molecule has 6 rings (SSSR count). The van der Waals surface area contributed by atoms with Gasteiger partial charge in [0.15, 0.2) is 0 Å². The SMILES string of the molecule is Cc1ccc(NC(=O)[C@@H]2[C@@H]3C=C[C@]4(O3)[C@@H]2C(=O)N(CCC2=CCCCC2)[C@H]4C(=O)NC2CCCCC2)cc1. The molecule has 3 heterocycles. The smallest absolute Gasteiger partial charge is 0.246 e. The van der Waals surface area contributed by atoms with Gasteiger partial charge >= 0.3 is 0 Å². The van der Waals surface area contributed by atoms with E-state index in [0.29, 0.717) is 12.2 Å². The van der Waals surface area contributed by atoms with E-state index in [9.17, 15) is 14.4 Å². The Morgan fingerprint density at radius 2 is 1.84 bits per heavy atom. The van der Waals surface area contributed by atoms with Crippen molar-refractivity contribution in [2.75, 3.05) is 11.9 Å². The summed E-state index contributed by atoms with van der Waals surface area (Å²) < 4.78 is 6.48. The summed E-state index contributed by atoms with van der Waals surface area (Å²) in [5, 5.41) is 6.27. The molecule has 2 N–H and O–H groups in total. The van der Waals surface area contributed by atoms with Gasteiger partial charge in [-0.15, -0.1) is 0 Å². The van der Waals surface area contributed by atoms with Crippen LogP contribution in [0.1, 0.15) is 69.8 Å².